The van der Waals surface area contributed by atoms with Gasteiger partial charge in [-0.25, -0.2) is 4.98 Å². The van der Waals surface area contributed by atoms with Crippen LogP contribution in [0.5, 0.6) is 5.75 Å². The zero-order chi connectivity index (χ0) is 14.4. The maximum atomic E-state index is 12.9. The first-order chi connectivity index (χ1) is 9.69. The first-order valence-corrected chi connectivity index (χ1v) is 5.72. The number of pyridine rings is 1. The van der Waals surface area contributed by atoms with E-state index in [2.05, 4.69) is 10.3 Å². The Kier molecular flexibility index (Phi) is 4.24. The number of carbonyl (C=O) groups excluding carboxylic acids is 1. The first-order valence-electron chi connectivity index (χ1n) is 5.72. The summed E-state index contributed by atoms with van der Waals surface area (Å²) in [5.41, 5.74) is 0.656. The lowest BCUT2D eigenvalue weighted by Gasteiger charge is -2.07. The molecule has 2 rings (SSSR count). The largest absolute Gasteiger partial charge is 0.479 e. The van der Waals surface area contributed by atoms with E-state index in [1.54, 1.807) is 24.3 Å². The average Bonchev–Trinajstić information content (AvgIpc) is 2.45. The molecule has 0 aliphatic rings. The van der Waals surface area contributed by atoms with Crippen molar-refractivity contribution in [2.24, 2.45) is 0 Å². The molecule has 6 heteroatoms. The Bertz CT molecular complexity index is 667. The topological polar surface area (TPSA) is 75.0 Å². The molecule has 1 heterocycles. The third-order valence-electron chi connectivity index (χ3n) is 2.38. The fourth-order valence-electron chi connectivity index (χ4n) is 1.53. The molecule has 1 amide bonds. The van der Waals surface area contributed by atoms with Gasteiger partial charge in [0, 0.05) is 29.6 Å². The van der Waals surface area contributed by atoms with Crippen LogP contribution in [0.2, 0.25) is 0 Å². The average molecular weight is 271 g/mol. The second kappa shape index (κ2) is 6.29. The van der Waals surface area contributed by atoms with E-state index in [1.807, 2.05) is 6.07 Å². The molecule has 0 aliphatic carbocycles. The second-order valence-corrected chi connectivity index (χ2v) is 3.80. The predicted octanol–water partition coefficient (Wildman–Crippen LogP) is 2.38. The van der Waals surface area contributed by atoms with Crippen molar-refractivity contribution in [3.8, 4) is 11.8 Å². The summed E-state index contributed by atoms with van der Waals surface area (Å²) in [5.74, 6) is -0.710. The van der Waals surface area contributed by atoms with Gasteiger partial charge in [0.15, 0.2) is 6.61 Å². The zero-order valence-corrected chi connectivity index (χ0v) is 10.3. The van der Waals surface area contributed by atoms with Gasteiger partial charge in [-0.05, 0) is 18.2 Å². The number of hydrogen-bond acceptors (Lipinski definition) is 4. The molecule has 0 saturated heterocycles. The van der Waals surface area contributed by atoms with Gasteiger partial charge in [-0.15, -0.1) is 0 Å². The number of halogens is 1. The lowest BCUT2D eigenvalue weighted by molar-refractivity contribution is 0.102. The summed E-state index contributed by atoms with van der Waals surface area (Å²) in [6.45, 7) is -0.0764. The van der Waals surface area contributed by atoms with E-state index in [-0.39, 0.29) is 12.2 Å². The molecule has 0 fully saturated rings. The molecule has 0 spiro atoms. The van der Waals surface area contributed by atoms with Crippen molar-refractivity contribution in [1.29, 1.82) is 5.26 Å². The Morgan fingerprint density at radius 3 is 3.00 bits per heavy atom. The van der Waals surface area contributed by atoms with E-state index in [0.29, 0.717) is 11.4 Å². The number of nitriles is 1. The molecule has 0 saturated carbocycles. The van der Waals surface area contributed by atoms with Crippen LogP contribution in [-0.4, -0.2) is 17.5 Å². The lowest BCUT2D eigenvalue weighted by atomic mass is 10.2. The maximum absolute atomic E-state index is 12.9. The molecule has 1 aromatic carbocycles. The van der Waals surface area contributed by atoms with E-state index in [9.17, 15) is 9.18 Å². The number of benzene rings is 1. The molecule has 0 unspecified atom stereocenters. The third kappa shape index (κ3) is 3.53. The van der Waals surface area contributed by atoms with E-state index in [0.717, 1.165) is 6.07 Å². The van der Waals surface area contributed by atoms with Crippen LogP contribution in [0, 0.1) is 17.3 Å². The van der Waals surface area contributed by atoms with Crippen molar-refractivity contribution >= 4 is 11.6 Å². The van der Waals surface area contributed by atoms with Gasteiger partial charge in [0.2, 0.25) is 5.95 Å². The van der Waals surface area contributed by atoms with E-state index < -0.39 is 11.9 Å². The normalized spacial score (nSPS) is 9.60. The summed E-state index contributed by atoms with van der Waals surface area (Å²) in [6.07, 6.45) is 1.22. The smallest absolute Gasteiger partial charge is 0.255 e. The Balaban J connectivity index is 2.10. The molecule has 5 nitrogen and oxygen atoms in total. The Hall–Kier alpha value is -2.94. The van der Waals surface area contributed by atoms with Crippen molar-refractivity contribution in [2.45, 2.75) is 0 Å². The minimum absolute atomic E-state index is 0.0764. The summed E-state index contributed by atoms with van der Waals surface area (Å²) in [4.78, 5) is 15.3. The number of carbonyl (C=O) groups is 1. The highest BCUT2D eigenvalue weighted by Gasteiger charge is 2.08. The molecule has 2 aromatic rings. The molecule has 0 radical (unpaired) electrons. The molecule has 0 aliphatic heterocycles. The van der Waals surface area contributed by atoms with Crippen LogP contribution >= 0.6 is 0 Å². The van der Waals surface area contributed by atoms with Crippen LogP contribution < -0.4 is 10.1 Å². The Morgan fingerprint density at radius 1 is 1.40 bits per heavy atom. The molecular weight excluding hydrogens is 261 g/mol. The van der Waals surface area contributed by atoms with Gasteiger partial charge in [-0.2, -0.15) is 9.65 Å². The van der Waals surface area contributed by atoms with E-state index in [4.69, 9.17) is 10.00 Å². The van der Waals surface area contributed by atoms with Crippen molar-refractivity contribution in [3.63, 3.8) is 0 Å². The van der Waals surface area contributed by atoms with E-state index in [1.165, 1.54) is 12.3 Å². The Labute approximate surface area is 114 Å². The number of hydrogen-bond donors (Lipinski definition) is 1. The van der Waals surface area contributed by atoms with Gasteiger partial charge in [-0.1, -0.05) is 6.07 Å². The van der Waals surface area contributed by atoms with E-state index >= 15 is 0 Å². The summed E-state index contributed by atoms with van der Waals surface area (Å²) in [5, 5.41) is 11.0. The standard InChI is InChI=1S/C14H10FN3O2/c15-13-8-10(4-6-17-13)14(19)18-11-2-1-3-12(9-11)20-7-5-16/h1-4,6,8-9H,7H2,(H,18,19). The highest BCUT2D eigenvalue weighted by Crippen LogP contribution is 2.18. The van der Waals surface area contributed by atoms with Crippen LogP contribution in [0.25, 0.3) is 0 Å². The fourth-order valence-corrected chi connectivity index (χ4v) is 1.53. The van der Waals surface area contributed by atoms with Crippen molar-refractivity contribution in [2.75, 3.05) is 11.9 Å². The van der Waals surface area contributed by atoms with Gasteiger partial charge < -0.3 is 10.1 Å². The lowest BCUT2D eigenvalue weighted by Crippen LogP contribution is -2.12. The SMILES string of the molecule is N#CCOc1cccc(NC(=O)c2ccnc(F)c2)c1. The summed E-state index contributed by atoms with van der Waals surface area (Å²) in [6, 6.07) is 10.9. The highest BCUT2D eigenvalue weighted by molar-refractivity contribution is 6.04. The van der Waals surface area contributed by atoms with Crippen LogP contribution in [0.3, 0.4) is 0 Å². The molecular formula is C14H10FN3O2. The summed E-state index contributed by atoms with van der Waals surface area (Å²) < 4.78 is 18.0. The zero-order valence-electron chi connectivity index (χ0n) is 10.3. The van der Waals surface area contributed by atoms with Gasteiger partial charge in [0.05, 0.1) is 0 Å². The molecule has 0 bridgehead atoms. The molecule has 0 atom stereocenters. The maximum Gasteiger partial charge on any atom is 0.255 e. The number of rotatable bonds is 4. The number of nitrogens with zero attached hydrogens (tertiary/aromatic N) is 2. The molecule has 100 valence electrons. The summed E-state index contributed by atoms with van der Waals surface area (Å²) >= 11 is 0. The third-order valence-corrected chi connectivity index (χ3v) is 2.38. The first kappa shape index (κ1) is 13.5. The number of nitrogens with one attached hydrogen (secondary N) is 1. The number of anilines is 1. The van der Waals surface area contributed by atoms with Crippen LogP contribution in [0.4, 0.5) is 10.1 Å². The monoisotopic (exact) mass is 271 g/mol. The van der Waals surface area contributed by atoms with Crippen LogP contribution in [0.1, 0.15) is 10.4 Å². The van der Waals surface area contributed by atoms with Gasteiger partial charge >= 0.3 is 0 Å². The van der Waals surface area contributed by atoms with Gasteiger partial charge in [0.1, 0.15) is 11.8 Å². The van der Waals surface area contributed by atoms with Crippen molar-refractivity contribution in [1.82, 2.24) is 4.98 Å². The second-order valence-electron chi connectivity index (χ2n) is 3.80. The minimum Gasteiger partial charge on any atom is -0.479 e. The molecule has 1 N–H and O–H groups in total. The number of ether oxygens (including phenoxy) is 1. The predicted molar refractivity (Wildman–Crippen MR) is 69.7 cm³/mol. The number of aromatic nitrogens is 1. The van der Waals surface area contributed by atoms with Gasteiger partial charge in [-0.3, -0.25) is 4.79 Å². The van der Waals surface area contributed by atoms with Crippen molar-refractivity contribution in [3.05, 3.63) is 54.1 Å². The fraction of sp³-hybridized carbons (Fsp3) is 0.0714. The number of amides is 1. The molecule has 1 aromatic heterocycles. The highest BCUT2D eigenvalue weighted by atomic mass is 19.1. The molecule has 20 heavy (non-hydrogen) atoms. The van der Waals surface area contributed by atoms with Crippen molar-refractivity contribution < 1.29 is 13.9 Å². The Morgan fingerprint density at radius 2 is 2.25 bits per heavy atom. The summed E-state index contributed by atoms with van der Waals surface area (Å²) in [7, 11) is 0. The van der Waals surface area contributed by atoms with Crippen LogP contribution in [-0.2, 0) is 0 Å². The minimum atomic E-state index is -0.719. The van der Waals surface area contributed by atoms with Crippen LogP contribution in [0.15, 0.2) is 42.6 Å². The van der Waals surface area contributed by atoms with Gasteiger partial charge in [0.25, 0.3) is 5.91 Å². The quantitative estimate of drug-likeness (QED) is 0.866.